The number of alkyl halides is 2. The van der Waals surface area contributed by atoms with Crippen molar-refractivity contribution in [1.82, 2.24) is 0 Å². The fourth-order valence-corrected chi connectivity index (χ4v) is 3.73. The van der Waals surface area contributed by atoms with Crippen LogP contribution in [0.2, 0.25) is 10.0 Å². The Bertz CT molecular complexity index is 728. The maximum Gasteiger partial charge on any atom is 0.164 e. The van der Waals surface area contributed by atoms with Crippen LogP contribution >= 0.6 is 46.4 Å². The van der Waals surface area contributed by atoms with Crippen LogP contribution in [0.4, 0.5) is 0 Å². The smallest absolute Gasteiger partial charge is 0.164 e. The Labute approximate surface area is 142 Å². The molecular formula is C16H10Cl4O. The summed E-state index contributed by atoms with van der Waals surface area (Å²) in [5.74, 6) is 0.00179. The molecule has 0 saturated carbocycles. The van der Waals surface area contributed by atoms with Crippen LogP contribution in [0.15, 0.2) is 42.5 Å². The maximum atomic E-state index is 12.1. The van der Waals surface area contributed by atoms with Gasteiger partial charge in [0.05, 0.1) is 15.4 Å². The number of fused-ring (bicyclic) bond motifs is 1. The van der Waals surface area contributed by atoms with E-state index in [0.29, 0.717) is 21.2 Å². The summed E-state index contributed by atoms with van der Waals surface area (Å²) in [6, 6.07) is 12.5. The van der Waals surface area contributed by atoms with Crippen molar-refractivity contribution in [2.45, 2.75) is 16.7 Å². The van der Waals surface area contributed by atoms with Gasteiger partial charge in [-0.05, 0) is 23.3 Å². The Morgan fingerprint density at radius 2 is 1.76 bits per heavy atom. The van der Waals surface area contributed by atoms with E-state index >= 15 is 0 Å². The summed E-state index contributed by atoms with van der Waals surface area (Å²) in [5.41, 5.74) is 2.05. The normalized spacial score (nSPS) is 24.8. The number of hydrogen-bond donors (Lipinski definition) is 0. The molecule has 0 radical (unpaired) electrons. The number of benzene rings is 2. The van der Waals surface area contributed by atoms with Gasteiger partial charge in [0.2, 0.25) is 0 Å². The monoisotopic (exact) mass is 358 g/mol. The lowest BCUT2D eigenvalue weighted by atomic mass is 9.77. The molecule has 0 spiro atoms. The molecule has 21 heavy (non-hydrogen) atoms. The van der Waals surface area contributed by atoms with Gasteiger partial charge in [-0.2, -0.15) is 0 Å². The number of Topliss-reactive ketones (excluding diaryl/α,β-unsaturated/α-hetero) is 1. The minimum atomic E-state index is -1.000. The van der Waals surface area contributed by atoms with Crippen molar-refractivity contribution in [3.8, 4) is 0 Å². The third-order valence-electron chi connectivity index (χ3n) is 3.76. The second kappa shape index (κ2) is 5.48. The molecule has 3 rings (SSSR count). The lowest BCUT2D eigenvalue weighted by Gasteiger charge is -2.37. The number of rotatable bonds is 1. The third kappa shape index (κ3) is 2.37. The second-order valence-corrected chi connectivity index (χ2v) is 6.92. The highest BCUT2D eigenvalue weighted by atomic mass is 35.5. The molecule has 0 aromatic heterocycles. The minimum Gasteiger partial charge on any atom is -0.294 e. The van der Waals surface area contributed by atoms with E-state index in [9.17, 15) is 4.79 Å². The summed E-state index contributed by atoms with van der Waals surface area (Å²) in [6.07, 6.45) is 0.183. The number of carbonyl (C=O) groups excluding carboxylic acids is 1. The van der Waals surface area contributed by atoms with Crippen molar-refractivity contribution < 1.29 is 4.79 Å². The van der Waals surface area contributed by atoms with Crippen molar-refractivity contribution in [3.05, 3.63) is 69.2 Å². The summed E-state index contributed by atoms with van der Waals surface area (Å²) in [5, 5.41) is 0.304. The molecule has 1 nitrogen and oxygen atoms in total. The number of carbonyl (C=O) groups is 1. The van der Waals surface area contributed by atoms with Gasteiger partial charge in [0.25, 0.3) is 0 Å². The lowest BCUT2D eigenvalue weighted by molar-refractivity contribution is 0.0968. The van der Waals surface area contributed by atoms with Gasteiger partial charge in [-0.3, -0.25) is 4.79 Å². The van der Waals surface area contributed by atoms with E-state index < -0.39 is 10.3 Å². The minimum absolute atomic E-state index is 0.00179. The Balaban J connectivity index is 2.25. The Morgan fingerprint density at radius 1 is 1.05 bits per heavy atom. The zero-order valence-corrected chi connectivity index (χ0v) is 13.8. The predicted octanol–water partition coefficient (Wildman–Crippen LogP) is 5.67. The van der Waals surface area contributed by atoms with E-state index in [-0.39, 0.29) is 12.2 Å². The number of halogens is 4. The average molecular weight is 360 g/mol. The molecular weight excluding hydrogens is 350 g/mol. The molecule has 0 heterocycles. The average Bonchev–Trinajstić information content (AvgIpc) is 2.48. The number of ketones is 1. The van der Waals surface area contributed by atoms with E-state index in [0.717, 1.165) is 5.56 Å². The third-order valence-corrected chi connectivity index (χ3v) is 5.77. The van der Waals surface area contributed by atoms with E-state index in [1.165, 1.54) is 0 Å². The van der Waals surface area contributed by atoms with Crippen molar-refractivity contribution in [3.63, 3.8) is 0 Å². The maximum absolute atomic E-state index is 12.1. The molecule has 1 unspecified atom stereocenters. The standard InChI is InChI=1S/C16H10Cl4O/c17-12-6-5-9(7-13(12)18)16(20)11-4-2-1-3-10(11)14(21)8-15(16)19/h1-7,15H,8H2/t15?,16-/m0/s1. The fourth-order valence-electron chi connectivity index (χ4n) is 2.68. The summed E-state index contributed by atoms with van der Waals surface area (Å²) in [4.78, 5) is 11.1. The quantitative estimate of drug-likeness (QED) is 0.599. The molecule has 0 saturated heterocycles. The SMILES string of the molecule is O=C1CC(Cl)[C@](Cl)(c2ccc(Cl)c(Cl)c2)c2ccccc21. The van der Waals surface area contributed by atoms with Crippen LogP contribution in [0.25, 0.3) is 0 Å². The van der Waals surface area contributed by atoms with Crippen molar-refractivity contribution in [1.29, 1.82) is 0 Å². The zero-order chi connectivity index (χ0) is 15.2. The first kappa shape index (κ1) is 15.2. The molecule has 0 bridgehead atoms. The van der Waals surface area contributed by atoms with Crippen molar-refractivity contribution in [2.75, 3.05) is 0 Å². The molecule has 2 atom stereocenters. The highest BCUT2D eigenvalue weighted by Crippen LogP contribution is 2.49. The van der Waals surface area contributed by atoms with Gasteiger partial charge in [-0.25, -0.2) is 0 Å². The molecule has 2 aromatic carbocycles. The van der Waals surface area contributed by atoms with Gasteiger partial charge >= 0.3 is 0 Å². The first-order valence-electron chi connectivity index (χ1n) is 6.36. The second-order valence-electron chi connectivity index (χ2n) is 4.98. The van der Waals surface area contributed by atoms with Crippen LogP contribution in [0.3, 0.4) is 0 Å². The van der Waals surface area contributed by atoms with Gasteiger partial charge < -0.3 is 0 Å². The zero-order valence-electron chi connectivity index (χ0n) is 10.7. The Kier molecular flexibility index (Phi) is 3.96. The molecule has 1 aliphatic rings. The van der Waals surface area contributed by atoms with Gasteiger partial charge in [-0.1, -0.05) is 53.5 Å². The van der Waals surface area contributed by atoms with Crippen LogP contribution in [0.1, 0.15) is 27.9 Å². The molecule has 0 N–H and O–H groups in total. The molecule has 1 aliphatic carbocycles. The molecule has 0 fully saturated rings. The number of hydrogen-bond acceptors (Lipinski definition) is 1. The van der Waals surface area contributed by atoms with Gasteiger partial charge in [0.1, 0.15) is 4.87 Å². The largest absolute Gasteiger partial charge is 0.294 e. The highest BCUT2D eigenvalue weighted by molar-refractivity contribution is 6.42. The van der Waals surface area contributed by atoms with Gasteiger partial charge in [-0.15, -0.1) is 23.2 Å². The summed E-state index contributed by atoms with van der Waals surface area (Å²) >= 11 is 25.4. The Hall–Kier alpha value is -0.730. The first-order valence-corrected chi connectivity index (χ1v) is 7.93. The first-order chi connectivity index (χ1) is 9.94. The van der Waals surface area contributed by atoms with Crippen LogP contribution in [-0.4, -0.2) is 11.2 Å². The van der Waals surface area contributed by atoms with Crippen LogP contribution in [0.5, 0.6) is 0 Å². The van der Waals surface area contributed by atoms with Crippen LogP contribution < -0.4 is 0 Å². The summed E-state index contributed by atoms with van der Waals surface area (Å²) in [6.45, 7) is 0. The van der Waals surface area contributed by atoms with Crippen LogP contribution in [0, 0.1) is 0 Å². The van der Waals surface area contributed by atoms with Gasteiger partial charge in [0.15, 0.2) is 5.78 Å². The molecule has 0 amide bonds. The molecule has 2 aromatic rings. The van der Waals surface area contributed by atoms with E-state index in [2.05, 4.69) is 0 Å². The summed E-state index contributed by atoms with van der Waals surface area (Å²) < 4.78 is 0. The summed E-state index contributed by atoms with van der Waals surface area (Å²) in [7, 11) is 0. The van der Waals surface area contributed by atoms with E-state index in [1.54, 1.807) is 24.3 Å². The van der Waals surface area contributed by atoms with E-state index in [1.807, 2.05) is 18.2 Å². The highest BCUT2D eigenvalue weighted by Gasteiger charge is 2.46. The van der Waals surface area contributed by atoms with Crippen LogP contribution in [-0.2, 0) is 4.87 Å². The predicted molar refractivity (Wildman–Crippen MR) is 88.1 cm³/mol. The van der Waals surface area contributed by atoms with Crippen molar-refractivity contribution >= 4 is 52.2 Å². The van der Waals surface area contributed by atoms with E-state index in [4.69, 9.17) is 46.4 Å². The molecule has 0 aliphatic heterocycles. The molecule has 5 heteroatoms. The topological polar surface area (TPSA) is 17.1 Å². The Morgan fingerprint density at radius 3 is 2.48 bits per heavy atom. The van der Waals surface area contributed by atoms with Crippen molar-refractivity contribution in [2.24, 2.45) is 0 Å². The fraction of sp³-hybridized carbons (Fsp3) is 0.188. The van der Waals surface area contributed by atoms with Gasteiger partial charge in [0, 0.05) is 12.0 Å². The molecule has 108 valence electrons. The lowest BCUT2D eigenvalue weighted by Crippen LogP contribution is -2.39.